The first-order chi connectivity index (χ1) is 12.0. The van der Waals surface area contributed by atoms with Crippen molar-refractivity contribution < 1.29 is 14.3 Å². The van der Waals surface area contributed by atoms with E-state index in [4.69, 9.17) is 4.74 Å². The average Bonchev–Trinajstić information content (AvgIpc) is 3.26. The Morgan fingerprint density at radius 3 is 2.68 bits per heavy atom. The van der Waals surface area contributed by atoms with Gasteiger partial charge in [0.25, 0.3) is 5.91 Å². The summed E-state index contributed by atoms with van der Waals surface area (Å²) in [4.78, 5) is 27.7. The van der Waals surface area contributed by atoms with Crippen molar-refractivity contribution in [3.8, 4) is 5.75 Å². The Kier molecular flexibility index (Phi) is 4.66. The normalized spacial score (nSPS) is 18.7. The molecule has 1 fully saturated rings. The molecular weight excluding hydrogens is 316 g/mol. The predicted molar refractivity (Wildman–Crippen MR) is 96.5 cm³/mol. The number of nitrogens with one attached hydrogen (secondary N) is 2. The second-order valence-corrected chi connectivity index (χ2v) is 6.55. The van der Waals surface area contributed by atoms with E-state index in [0.717, 1.165) is 29.0 Å². The van der Waals surface area contributed by atoms with Gasteiger partial charge in [-0.25, -0.2) is 0 Å². The third-order valence-electron chi connectivity index (χ3n) is 4.87. The monoisotopic (exact) mass is 340 g/mol. The highest BCUT2D eigenvalue weighted by Gasteiger charge is 2.41. The van der Waals surface area contributed by atoms with Crippen LogP contribution in [0.15, 0.2) is 24.3 Å². The number of H-pyrrole nitrogens is 1. The molecule has 2 unspecified atom stereocenters. The van der Waals surface area contributed by atoms with Crippen molar-refractivity contribution in [3.05, 3.63) is 52.3 Å². The van der Waals surface area contributed by atoms with Gasteiger partial charge < -0.3 is 15.0 Å². The first-order valence-electron chi connectivity index (χ1n) is 8.64. The molecule has 1 aromatic heterocycles. The Labute approximate surface area is 147 Å². The van der Waals surface area contributed by atoms with Gasteiger partial charge in [-0.05, 0) is 43.9 Å². The molecule has 0 bridgehead atoms. The molecule has 3 rings (SSSR count). The molecule has 25 heavy (non-hydrogen) atoms. The van der Waals surface area contributed by atoms with Gasteiger partial charge in [-0.2, -0.15) is 0 Å². The standard InChI is InChI=1S/C20H24N2O3/c1-5-13-18(12(3)23)11(2)21-19(13)20(24)22-16-10-15(16)14-8-6-7-9-17(14)25-4/h6-9,15-16,21H,5,10H2,1-4H3,(H,22,24). The van der Waals surface area contributed by atoms with Crippen LogP contribution < -0.4 is 10.1 Å². The minimum Gasteiger partial charge on any atom is -0.496 e. The molecule has 0 radical (unpaired) electrons. The van der Waals surface area contributed by atoms with E-state index in [-0.39, 0.29) is 23.7 Å². The van der Waals surface area contributed by atoms with Gasteiger partial charge >= 0.3 is 0 Å². The van der Waals surface area contributed by atoms with Crippen LogP contribution in [0.25, 0.3) is 0 Å². The predicted octanol–water partition coefficient (Wildman–Crippen LogP) is 3.38. The molecule has 2 atom stereocenters. The maximum atomic E-state index is 12.7. The molecular formula is C20H24N2O3. The van der Waals surface area contributed by atoms with E-state index in [1.165, 1.54) is 6.92 Å². The first-order valence-corrected chi connectivity index (χ1v) is 8.64. The fraction of sp³-hybridized carbons (Fsp3) is 0.400. The van der Waals surface area contributed by atoms with E-state index in [0.29, 0.717) is 17.7 Å². The summed E-state index contributed by atoms with van der Waals surface area (Å²) in [5.41, 5.74) is 3.84. The van der Waals surface area contributed by atoms with Gasteiger partial charge in [0.1, 0.15) is 11.4 Å². The number of amides is 1. The molecule has 1 aliphatic rings. The first kappa shape index (κ1) is 17.3. The highest BCUT2D eigenvalue weighted by molar-refractivity contribution is 6.02. The van der Waals surface area contributed by atoms with Crippen LogP contribution >= 0.6 is 0 Å². The van der Waals surface area contributed by atoms with E-state index >= 15 is 0 Å². The van der Waals surface area contributed by atoms with Gasteiger partial charge in [0.05, 0.1) is 7.11 Å². The maximum Gasteiger partial charge on any atom is 0.268 e. The number of ether oxygens (including phenoxy) is 1. The summed E-state index contributed by atoms with van der Waals surface area (Å²) >= 11 is 0. The van der Waals surface area contributed by atoms with Crippen LogP contribution in [0.5, 0.6) is 5.75 Å². The van der Waals surface area contributed by atoms with Gasteiger partial charge in [-0.3, -0.25) is 9.59 Å². The van der Waals surface area contributed by atoms with Crippen molar-refractivity contribution in [2.75, 3.05) is 7.11 Å². The molecule has 5 nitrogen and oxygen atoms in total. The van der Waals surface area contributed by atoms with Crippen molar-refractivity contribution in [3.63, 3.8) is 0 Å². The quantitative estimate of drug-likeness (QED) is 0.792. The number of carbonyl (C=O) groups excluding carboxylic acids is 2. The van der Waals surface area contributed by atoms with Crippen molar-refractivity contribution in [1.29, 1.82) is 0 Å². The lowest BCUT2D eigenvalue weighted by Crippen LogP contribution is -2.28. The van der Waals surface area contributed by atoms with Gasteiger partial charge in [0, 0.05) is 23.2 Å². The summed E-state index contributed by atoms with van der Waals surface area (Å²) in [5.74, 6) is 0.972. The molecule has 0 aliphatic heterocycles. The van der Waals surface area contributed by atoms with Crippen molar-refractivity contribution in [1.82, 2.24) is 10.3 Å². The third-order valence-corrected chi connectivity index (χ3v) is 4.87. The topological polar surface area (TPSA) is 71.2 Å². The lowest BCUT2D eigenvalue weighted by atomic mass is 10.0. The Morgan fingerprint density at radius 2 is 2.04 bits per heavy atom. The lowest BCUT2D eigenvalue weighted by Gasteiger charge is -2.09. The summed E-state index contributed by atoms with van der Waals surface area (Å²) in [5, 5.41) is 3.09. The van der Waals surface area contributed by atoms with E-state index in [1.807, 2.05) is 38.1 Å². The number of benzene rings is 1. The maximum absolute atomic E-state index is 12.7. The largest absolute Gasteiger partial charge is 0.496 e. The minimum absolute atomic E-state index is 0.0111. The van der Waals surface area contributed by atoms with Crippen LogP contribution in [-0.4, -0.2) is 29.8 Å². The molecule has 1 aliphatic carbocycles. The number of hydrogen-bond donors (Lipinski definition) is 2. The molecule has 5 heteroatoms. The zero-order chi connectivity index (χ0) is 18.1. The Morgan fingerprint density at radius 1 is 1.32 bits per heavy atom. The van der Waals surface area contributed by atoms with Gasteiger partial charge in [-0.15, -0.1) is 0 Å². The van der Waals surface area contributed by atoms with E-state index in [1.54, 1.807) is 7.11 Å². The lowest BCUT2D eigenvalue weighted by molar-refractivity contribution is 0.0944. The second kappa shape index (κ2) is 6.75. The number of aryl methyl sites for hydroxylation is 1. The number of carbonyl (C=O) groups is 2. The molecule has 0 saturated heterocycles. The Hall–Kier alpha value is -2.56. The molecule has 1 heterocycles. The van der Waals surface area contributed by atoms with Gasteiger partial charge in [0.2, 0.25) is 0 Å². The summed E-state index contributed by atoms with van der Waals surface area (Å²) in [6, 6.07) is 8.00. The molecule has 2 N–H and O–H groups in total. The number of para-hydroxylation sites is 1. The van der Waals surface area contributed by atoms with Crippen molar-refractivity contribution in [2.24, 2.45) is 0 Å². The van der Waals surface area contributed by atoms with Crippen LogP contribution in [0.3, 0.4) is 0 Å². The Balaban J connectivity index is 1.77. The van der Waals surface area contributed by atoms with E-state index in [9.17, 15) is 9.59 Å². The van der Waals surface area contributed by atoms with Gasteiger partial charge in [0.15, 0.2) is 5.78 Å². The SMILES string of the molecule is CCc1c(C(=O)NC2CC2c2ccccc2OC)[nH]c(C)c1C(C)=O. The fourth-order valence-electron chi connectivity index (χ4n) is 3.61. The van der Waals surface area contributed by atoms with Crippen molar-refractivity contribution >= 4 is 11.7 Å². The van der Waals surface area contributed by atoms with Crippen LogP contribution in [-0.2, 0) is 6.42 Å². The number of aromatic amines is 1. The number of methoxy groups -OCH3 is 1. The Bertz CT molecular complexity index is 822. The van der Waals surface area contributed by atoms with Crippen molar-refractivity contribution in [2.45, 2.75) is 45.6 Å². The van der Waals surface area contributed by atoms with Crippen LogP contribution in [0.1, 0.15) is 63.9 Å². The number of Topliss-reactive ketones (excluding diaryl/α,β-unsaturated/α-hetero) is 1. The highest BCUT2D eigenvalue weighted by Crippen LogP contribution is 2.44. The van der Waals surface area contributed by atoms with Gasteiger partial charge in [-0.1, -0.05) is 25.1 Å². The van der Waals surface area contributed by atoms with Crippen LogP contribution in [0.4, 0.5) is 0 Å². The molecule has 2 aromatic rings. The van der Waals surface area contributed by atoms with Crippen LogP contribution in [0.2, 0.25) is 0 Å². The third kappa shape index (κ3) is 3.18. The second-order valence-electron chi connectivity index (χ2n) is 6.55. The smallest absolute Gasteiger partial charge is 0.268 e. The summed E-state index contributed by atoms with van der Waals surface area (Å²) in [7, 11) is 1.66. The highest BCUT2D eigenvalue weighted by atomic mass is 16.5. The van der Waals surface area contributed by atoms with Crippen LogP contribution in [0, 0.1) is 6.92 Å². The molecule has 1 aromatic carbocycles. The minimum atomic E-state index is -0.144. The zero-order valence-corrected chi connectivity index (χ0v) is 15.1. The molecule has 0 spiro atoms. The van der Waals surface area contributed by atoms with E-state index < -0.39 is 0 Å². The molecule has 132 valence electrons. The number of ketones is 1. The number of hydrogen-bond acceptors (Lipinski definition) is 3. The average molecular weight is 340 g/mol. The fourth-order valence-corrected chi connectivity index (χ4v) is 3.61. The zero-order valence-electron chi connectivity index (χ0n) is 15.1. The molecule has 1 amide bonds. The summed E-state index contributed by atoms with van der Waals surface area (Å²) in [6.45, 7) is 5.33. The summed E-state index contributed by atoms with van der Waals surface area (Å²) < 4.78 is 5.41. The number of aromatic nitrogens is 1. The van der Waals surface area contributed by atoms with E-state index in [2.05, 4.69) is 10.3 Å². The molecule has 1 saturated carbocycles. The number of rotatable bonds is 6. The summed E-state index contributed by atoms with van der Waals surface area (Å²) in [6.07, 6.45) is 1.54.